The van der Waals surface area contributed by atoms with E-state index in [1.165, 1.54) is 39.9 Å². The van der Waals surface area contributed by atoms with Crippen molar-refractivity contribution in [2.24, 2.45) is 0 Å². The van der Waals surface area contributed by atoms with Crippen molar-refractivity contribution in [2.75, 3.05) is 18.4 Å². The van der Waals surface area contributed by atoms with Crippen molar-refractivity contribution in [1.29, 1.82) is 0 Å². The minimum atomic E-state index is -3.55. The Morgan fingerprint density at radius 1 is 1.07 bits per heavy atom. The second kappa shape index (κ2) is 9.07. The lowest BCUT2D eigenvalue weighted by Gasteiger charge is -2.18. The Morgan fingerprint density at radius 2 is 1.73 bits per heavy atom. The van der Waals surface area contributed by atoms with Crippen molar-refractivity contribution >= 4 is 32.4 Å². The van der Waals surface area contributed by atoms with Gasteiger partial charge in [0.05, 0.1) is 10.6 Å². The molecule has 3 aromatic rings. The second-order valence-corrected chi connectivity index (χ2v) is 9.72. The van der Waals surface area contributed by atoms with Crippen molar-refractivity contribution in [3.63, 3.8) is 0 Å². The summed E-state index contributed by atoms with van der Waals surface area (Å²) in [4.78, 5) is 17.3. The Morgan fingerprint density at radius 3 is 2.37 bits per heavy atom. The number of carbonyl (C=O) groups is 1. The van der Waals surface area contributed by atoms with E-state index in [1.54, 1.807) is 13.8 Å². The highest BCUT2D eigenvalue weighted by Gasteiger charge is 2.21. The molecule has 0 aliphatic carbocycles. The molecule has 0 unspecified atom stereocenters. The number of sulfonamides is 1. The lowest BCUT2D eigenvalue weighted by Crippen LogP contribution is -2.30. The van der Waals surface area contributed by atoms with Crippen LogP contribution in [-0.4, -0.2) is 36.7 Å². The predicted octanol–water partition coefficient (Wildman–Crippen LogP) is 4.71. The van der Waals surface area contributed by atoms with Gasteiger partial charge in [-0.2, -0.15) is 4.31 Å². The van der Waals surface area contributed by atoms with Gasteiger partial charge in [-0.05, 0) is 49.7 Å². The van der Waals surface area contributed by atoms with E-state index < -0.39 is 10.0 Å². The minimum Gasteiger partial charge on any atom is -0.298 e. The van der Waals surface area contributed by atoms with Gasteiger partial charge in [-0.25, -0.2) is 13.4 Å². The average molecular weight is 444 g/mol. The number of nitrogens with one attached hydrogen (secondary N) is 1. The molecule has 6 nitrogen and oxygen atoms in total. The van der Waals surface area contributed by atoms with E-state index in [0.29, 0.717) is 23.8 Å². The summed E-state index contributed by atoms with van der Waals surface area (Å²) in [5.41, 5.74) is 4.49. The number of amides is 1. The highest BCUT2D eigenvalue weighted by molar-refractivity contribution is 7.89. The third kappa shape index (κ3) is 4.61. The van der Waals surface area contributed by atoms with Crippen LogP contribution in [0.25, 0.3) is 11.3 Å². The Kier molecular flexibility index (Phi) is 6.70. The fourth-order valence-corrected chi connectivity index (χ4v) is 5.29. The summed E-state index contributed by atoms with van der Waals surface area (Å²) in [5.74, 6) is -0.330. The summed E-state index contributed by atoms with van der Waals surface area (Å²) in [6.07, 6.45) is 0. The number of hydrogen-bond acceptors (Lipinski definition) is 5. The van der Waals surface area contributed by atoms with Crippen molar-refractivity contribution in [1.82, 2.24) is 9.29 Å². The molecule has 0 saturated carbocycles. The van der Waals surface area contributed by atoms with Gasteiger partial charge < -0.3 is 0 Å². The van der Waals surface area contributed by atoms with E-state index in [4.69, 9.17) is 0 Å². The third-order valence-corrected chi connectivity index (χ3v) is 7.68. The van der Waals surface area contributed by atoms with Crippen LogP contribution in [0.3, 0.4) is 0 Å². The maximum Gasteiger partial charge on any atom is 0.257 e. The molecule has 2 aromatic carbocycles. The van der Waals surface area contributed by atoms with E-state index in [-0.39, 0.29) is 10.8 Å². The number of nitrogens with zero attached hydrogens (tertiary/aromatic N) is 2. The summed E-state index contributed by atoms with van der Waals surface area (Å²) < 4.78 is 26.5. The highest BCUT2D eigenvalue weighted by atomic mass is 32.2. The van der Waals surface area contributed by atoms with Crippen LogP contribution in [0.2, 0.25) is 0 Å². The number of carbonyl (C=O) groups excluding carboxylic acids is 1. The minimum absolute atomic E-state index is 0.175. The third-order valence-electron chi connectivity index (χ3n) is 4.85. The summed E-state index contributed by atoms with van der Waals surface area (Å²) in [5, 5.41) is 5.20. The number of aryl methyl sites for hydroxylation is 2. The average Bonchev–Trinajstić information content (AvgIpc) is 3.18. The molecule has 0 bridgehead atoms. The molecule has 0 atom stereocenters. The molecule has 158 valence electrons. The van der Waals surface area contributed by atoms with E-state index in [9.17, 15) is 13.2 Å². The number of benzene rings is 2. The first-order chi connectivity index (χ1) is 14.3. The molecule has 0 fully saturated rings. The van der Waals surface area contributed by atoms with Crippen LogP contribution in [0.1, 0.15) is 35.3 Å². The first kappa shape index (κ1) is 22.1. The molecule has 0 spiro atoms. The number of anilines is 1. The predicted molar refractivity (Wildman–Crippen MR) is 122 cm³/mol. The Hall–Kier alpha value is -2.55. The van der Waals surface area contributed by atoms with Crippen molar-refractivity contribution in [3.05, 3.63) is 64.5 Å². The fraction of sp³-hybridized carbons (Fsp3) is 0.273. The normalized spacial score (nSPS) is 11.6. The molecular weight excluding hydrogens is 418 g/mol. The smallest absolute Gasteiger partial charge is 0.257 e. The summed E-state index contributed by atoms with van der Waals surface area (Å²) in [6.45, 7) is 8.44. The Bertz CT molecular complexity index is 1150. The van der Waals surface area contributed by atoms with Gasteiger partial charge in [0.25, 0.3) is 5.91 Å². The van der Waals surface area contributed by atoms with Crippen LogP contribution in [0, 0.1) is 13.8 Å². The van der Waals surface area contributed by atoms with Gasteiger partial charge in [-0.3, -0.25) is 10.1 Å². The van der Waals surface area contributed by atoms with Gasteiger partial charge in [-0.1, -0.05) is 31.5 Å². The van der Waals surface area contributed by atoms with E-state index in [0.717, 1.165) is 22.4 Å². The Labute approximate surface area is 181 Å². The van der Waals surface area contributed by atoms with Crippen LogP contribution in [0.4, 0.5) is 5.13 Å². The van der Waals surface area contributed by atoms with Gasteiger partial charge in [0.2, 0.25) is 10.0 Å². The number of hydrogen-bond donors (Lipinski definition) is 1. The molecular formula is C22H25N3O3S2. The second-order valence-electron chi connectivity index (χ2n) is 6.92. The first-order valence-electron chi connectivity index (χ1n) is 9.71. The van der Waals surface area contributed by atoms with Gasteiger partial charge in [0.1, 0.15) is 0 Å². The van der Waals surface area contributed by atoms with Crippen molar-refractivity contribution in [2.45, 2.75) is 32.6 Å². The lowest BCUT2D eigenvalue weighted by molar-refractivity contribution is 0.102. The van der Waals surface area contributed by atoms with E-state index in [2.05, 4.69) is 28.5 Å². The molecule has 1 aromatic heterocycles. The van der Waals surface area contributed by atoms with Crippen LogP contribution in [0.15, 0.2) is 52.7 Å². The maximum absolute atomic E-state index is 12.6. The van der Waals surface area contributed by atoms with Crippen molar-refractivity contribution < 1.29 is 13.2 Å². The molecule has 0 radical (unpaired) electrons. The SMILES string of the molecule is CCN(CC)S(=O)(=O)c1ccc(C(=O)Nc2nc(-c3cc(C)ccc3C)cs2)cc1. The number of thiazole rings is 1. The zero-order valence-corrected chi connectivity index (χ0v) is 19.1. The van der Waals surface area contributed by atoms with Gasteiger partial charge in [-0.15, -0.1) is 11.3 Å². The summed E-state index contributed by atoms with van der Waals surface area (Å²) in [6, 6.07) is 12.1. The first-order valence-corrected chi connectivity index (χ1v) is 12.0. The Balaban J connectivity index is 1.76. The van der Waals surface area contributed by atoms with Gasteiger partial charge >= 0.3 is 0 Å². The molecule has 3 rings (SSSR count). The van der Waals surface area contributed by atoms with E-state index >= 15 is 0 Å². The quantitative estimate of drug-likeness (QED) is 0.574. The van der Waals surface area contributed by atoms with Crippen LogP contribution in [0.5, 0.6) is 0 Å². The molecule has 8 heteroatoms. The lowest BCUT2D eigenvalue weighted by atomic mass is 10.0. The summed E-state index contributed by atoms with van der Waals surface area (Å²) in [7, 11) is -3.55. The topological polar surface area (TPSA) is 79.4 Å². The molecule has 30 heavy (non-hydrogen) atoms. The van der Waals surface area contributed by atoms with Gasteiger partial charge in [0, 0.05) is 29.6 Å². The number of rotatable bonds is 7. The molecule has 0 saturated heterocycles. The highest BCUT2D eigenvalue weighted by Crippen LogP contribution is 2.28. The molecule has 1 N–H and O–H groups in total. The molecule has 1 amide bonds. The van der Waals surface area contributed by atoms with Crippen molar-refractivity contribution in [3.8, 4) is 11.3 Å². The molecule has 0 aliphatic rings. The number of aromatic nitrogens is 1. The van der Waals surface area contributed by atoms with E-state index in [1.807, 2.05) is 19.2 Å². The van der Waals surface area contributed by atoms with Crippen LogP contribution in [-0.2, 0) is 10.0 Å². The van der Waals surface area contributed by atoms with Crippen LogP contribution < -0.4 is 5.32 Å². The fourth-order valence-electron chi connectivity index (χ4n) is 3.13. The largest absolute Gasteiger partial charge is 0.298 e. The maximum atomic E-state index is 12.6. The summed E-state index contributed by atoms with van der Waals surface area (Å²) >= 11 is 1.35. The molecule has 1 heterocycles. The standard InChI is InChI=1S/C22H25N3O3S2/c1-5-25(6-2)30(27,28)18-11-9-17(10-12-18)21(26)24-22-23-20(14-29-22)19-13-15(3)7-8-16(19)4/h7-14H,5-6H2,1-4H3,(H,23,24,26). The molecule has 0 aliphatic heterocycles. The zero-order valence-electron chi connectivity index (χ0n) is 17.5. The zero-order chi connectivity index (χ0) is 21.9. The van der Waals surface area contributed by atoms with Gasteiger partial charge in [0.15, 0.2) is 5.13 Å². The monoisotopic (exact) mass is 443 g/mol. The van der Waals surface area contributed by atoms with Crippen LogP contribution >= 0.6 is 11.3 Å².